The van der Waals surface area contributed by atoms with Crippen molar-refractivity contribution in [1.29, 1.82) is 0 Å². The summed E-state index contributed by atoms with van der Waals surface area (Å²) < 4.78 is 11.0. The molecule has 0 atom stereocenters. The molecule has 1 aliphatic heterocycles. The lowest BCUT2D eigenvalue weighted by Crippen LogP contribution is -2.21. The Balaban J connectivity index is 1.66. The molecule has 1 aliphatic rings. The van der Waals surface area contributed by atoms with E-state index in [9.17, 15) is 0 Å². The van der Waals surface area contributed by atoms with Crippen molar-refractivity contribution < 1.29 is 9.47 Å². The summed E-state index contributed by atoms with van der Waals surface area (Å²) in [5.41, 5.74) is 0.925. The highest BCUT2D eigenvalue weighted by Gasteiger charge is 2.14. The van der Waals surface area contributed by atoms with Gasteiger partial charge in [-0.05, 0) is 24.8 Å². The number of para-hydroxylation sites is 1. The molecule has 0 saturated carbocycles. The highest BCUT2D eigenvalue weighted by Crippen LogP contribution is 2.17. The molecule has 1 saturated heterocycles. The van der Waals surface area contributed by atoms with Crippen LogP contribution in [0.5, 0.6) is 6.01 Å². The van der Waals surface area contributed by atoms with Crippen molar-refractivity contribution in [2.75, 3.05) is 19.8 Å². The van der Waals surface area contributed by atoms with Crippen molar-refractivity contribution in [1.82, 2.24) is 9.97 Å². The van der Waals surface area contributed by atoms with Gasteiger partial charge in [-0.2, -0.15) is 4.98 Å². The maximum absolute atomic E-state index is 5.68. The molecule has 0 amide bonds. The van der Waals surface area contributed by atoms with Gasteiger partial charge in [-0.15, -0.1) is 0 Å². The van der Waals surface area contributed by atoms with Crippen LogP contribution in [0, 0.1) is 5.92 Å². The van der Waals surface area contributed by atoms with E-state index in [1.165, 1.54) is 0 Å². The largest absolute Gasteiger partial charge is 0.463 e. The molecular formula is C14H16N2O2. The minimum Gasteiger partial charge on any atom is -0.463 e. The fourth-order valence-corrected chi connectivity index (χ4v) is 2.13. The van der Waals surface area contributed by atoms with Gasteiger partial charge in [0.2, 0.25) is 0 Å². The number of rotatable bonds is 3. The number of fused-ring (bicyclic) bond motifs is 1. The SMILES string of the molecule is c1ccc2nc(OCC3CCOCC3)ncc2c1. The molecular weight excluding hydrogens is 228 g/mol. The lowest BCUT2D eigenvalue weighted by atomic mass is 10.0. The number of benzene rings is 1. The highest BCUT2D eigenvalue weighted by atomic mass is 16.5. The quantitative estimate of drug-likeness (QED) is 0.831. The zero-order valence-electron chi connectivity index (χ0n) is 10.2. The van der Waals surface area contributed by atoms with Gasteiger partial charge in [-0.1, -0.05) is 18.2 Å². The van der Waals surface area contributed by atoms with E-state index in [4.69, 9.17) is 9.47 Å². The Bertz CT molecular complexity index is 524. The van der Waals surface area contributed by atoms with Gasteiger partial charge in [0.1, 0.15) is 0 Å². The first kappa shape index (κ1) is 11.4. The van der Waals surface area contributed by atoms with Crippen LogP contribution in [0.4, 0.5) is 0 Å². The molecule has 1 aromatic heterocycles. The van der Waals surface area contributed by atoms with E-state index in [-0.39, 0.29) is 0 Å². The summed E-state index contributed by atoms with van der Waals surface area (Å²) in [6.07, 6.45) is 3.93. The Morgan fingerprint density at radius 1 is 1.22 bits per heavy atom. The van der Waals surface area contributed by atoms with Gasteiger partial charge in [-0.3, -0.25) is 0 Å². The Kier molecular flexibility index (Phi) is 3.37. The first-order chi connectivity index (χ1) is 8.92. The molecule has 3 rings (SSSR count). The fraction of sp³-hybridized carbons (Fsp3) is 0.429. The normalized spacial score (nSPS) is 16.9. The van der Waals surface area contributed by atoms with E-state index in [0.29, 0.717) is 18.5 Å². The topological polar surface area (TPSA) is 44.2 Å². The summed E-state index contributed by atoms with van der Waals surface area (Å²) in [7, 11) is 0. The van der Waals surface area contributed by atoms with E-state index in [1.807, 2.05) is 30.5 Å². The van der Waals surface area contributed by atoms with Crippen molar-refractivity contribution in [3.63, 3.8) is 0 Å². The second-order valence-electron chi connectivity index (χ2n) is 4.58. The molecule has 94 valence electrons. The molecule has 18 heavy (non-hydrogen) atoms. The van der Waals surface area contributed by atoms with Crippen LogP contribution in [0.1, 0.15) is 12.8 Å². The maximum atomic E-state index is 5.68. The predicted molar refractivity (Wildman–Crippen MR) is 68.6 cm³/mol. The van der Waals surface area contributed by atoms with Gasteiger partial charge in [0.15, 0.2) is 0 Å². The minimum atomic E-state index is 0.472. The molecule has 0 radical (unpaired) electrons. The van der Waals surface area contributed by atoms with E-state index < -0.39 is 0 Å². The third-order valence-corrected chi connectivity index (χ3v) is 3.26. The summed E-state index contributed by atoms with van der Waals surface area (Å²) in [6, 6.07) is 8.39. The van der Waals surface area contributed by atoms with Gasteiger partial charge < -0.3 is 9.47 Å². The van der Waals surface area contributed by atoms with Crippen molar-refractivity contribution >= 4 is 10.9 Å². The average molecular weight is 244 g/mol. The molecule has 4 heteroatoms. The van der Waals surface area contributed by atoms with E-state index in [0.717, 1.165) is 37.0 Å². The van der Waals surface area contributed by atoms with Crippen LogP contribution in [0.15, 0.2) is 30.5 Å². The Hall–Kier alpha value is -1.68. The zero-order valence-corrected chi connectivity index (χ0v) is 10.2. The highest BCUT2D eigenvalue weighted by molar-refractivity contribution is 5.77. The molecule has 2 aromatic rings. The molecule has 1 fully saturated rings. The standard InChI is InChI=1S/C14H16N2O2/c1-2-4-13-12(3-1)9-15-14(16-13)18-10-11-5-7-17-8-6-11/h1-4,9,11H,5-8,10H2. The monoisotopic (exact) mass is 244 g/mol. The maximum Gasteiger partial charge on any atom is 0.316 e. The smallest absolute Gasteiger partial charge is 0.316 e. The minimum absolute atomic E-state index is 0.472. The van der Waals surface area contributed by atoms with Crippen LogP contribution in [0.2, 0.25) is 0 Å². The van der Waals surface area contributed by atoms with Crippen molar-refractivity contribution in [3.05, 3.63) is 30.5 Å². The van der Waals surface area contributed by atoms with E-state index in [2.05, 4.69) is 9.97 Å². The van der Waals surface area contributed by atoms with Crippen molar-refractivity contribution in [2.24, 2.45) is 5.92 Å². The summed E-state index contributed by atoms with van der Waals surface area (Å²) >= 11 is 0. The fourth-order valence-electron chi connectivity index (χ4n) is 2.13. The zero-order chi connectivity index (χ0) is 12.2. The molecule has 0 N–H and O–H groups in total. The molecule has 2 heterocycles. The predicted octanol–water partition coefficient (Wildman–Crippen LogP) is 2.44. The second kappa shape index (κ2) is 5.31. The summed E-state index contributed by atoms with van der Waals surface area (Å²) in [4.78, 5) is 8.62. The Labute approximate surface area is 106 Å². The molecule has 0 bridgehead atoms. The Morgan fingerprint density at radius 2 is 2.06 bits per heavy atom. The summed E-state index contributed by atoms with van der Waals surface area (Å²) in [5, 5.41) is 1.04. The van der Waals surface area contributed by atoms with Crippen LogP contribution in [-0.2, 0) is 4.74 Å². The second-order valence-corrected chi connectivity index (χ2v) is 4.58. The third-order valence-electron chi connectivity index (χ3n) is 3.26. The van der Waals surface area contributed by atoms with Crippen LogP contribution >= 0.6 is 0 Å². The van der Waals surface area contributed by atoms with Gasteiger partial charge >= 0.3 is 6.01 Å². The van der Waals surface area contributed by atoms with Gasteiger partial charge in [-0.25, -0.2) is 4.98 Å². The van der Waals surface area contributed by atoms with Crippen LogP contribution in [0.25, 0.3) is 10.9 Å². The van der Waals surface area contributed by atoms with Crippen LogP contribution < -0.4 is 4.74 Å². The number of ether oxygens (including phenoxy) is 2. The molecule has 4 nitrogen and oxygen atoms in total. The Morgan fingerprint density at radius 3 is 2.94 bits per heavy atom. The van der Waals surface area contributed by atoms with Gasteiger partial charge in [0.05, 0.1) is 12.1 Å². The number of aromatic nitrogens is 2. The average Bonchev–Trinajstić information content (AvgIpc) is 2.46. The van der Waals surface area contributed by atoms with Crippen LogP contribution in [0.3, 0.4) is 0 Å². The van der Waals surface area contributed by atoms with Crippen LogP contribution in [-0.4, -0.2) is 29.8 Å². The first-order valence-corrected chi connectivity index (χ1v) is 6.34. The van der Waals surface area contributed by atoms with E-state index in [1.54, 1.807) is 0 Å². The lowest BCUT2D eigenvalue weighted by molar-refractivity contribution is 0.0483. The van der Waals surface area contributed by atoms with Crippen molar-refractivity contribution in [3.8, 4) is 6.01 Å². The summed E-state index contributed by atoms with van der Waals surface area (Å²) in [6.45, 7) is 2.36. The lowest BCUT2D eigenvalue weighted by Gasteiger charge is -2.21. The van der Waals surface area contributed by atoms with Crippen molar-refractivity contribution in [2.45, 2.75) is 12.8 Å². The number of hydrogen-bond donors (Lipinski definition) is 0. The van der Waals surface area contributed by atoms with Gasteiger partial charge in [0.25, 0.3) is 0 Å². The molecule has 0 spiro atoms. The van der Waals surface area contributed by atoms with E-state index >= 15 is 0 Å². The van der Waals surface area contributed by atoms with Gasteiger partial charge in [0, 0.05) is 24.8 Å². The number of hydrogen-bond acceptors (Lipinski definition) is 4. The summed E-state index contributed by atoms with van der Waals surface area (Å²) in [5.74, 6) is 0.564. The first-order valence-electron chi connectivity index (χ1n) is 6.34. The molecule has 0 unspecified atom stereocenters. The molecule has 1 aromatic carbocycles. The third kappa shape index (κ3) is 2.59. The molecule has 0 aliphatic carbocycles. The number of nitrogens with zero attached hydrogens (tertiary/aromatic N) is 2.